The molecule has 17 heavy (non-hydrogen) atoms. The van der Waals surface area contributed by atoms with Crippen LogP contribution >= 0.6 is 0 Å². The summed E-state index contributed by atoms with van der Waals surface area (Å²) < 4.78 is 37.6. The molecule has 4 nitrogen and oxygen atoms in total. The number of halogens is 3. The number of carbonyl (C=O) groups is 1. The van der Waals surface area contributed by atoms with E-state index in [9.17, 15) is 18.0 Å². The number of hydrogen-bond donors (Lipinski definition) is 1. The van der Waals surface area contributed by atoms with Gasteiger partial charge in [-0.05, 0) is 18.6 Å². The summed E-state index contributed by atoms with van der Waals surface area (Å²) in [5.41, 5.74) is -1.56. The van der Waals surface area contributed by atoms with Crippen LogP contribution in [0.5, 0.6) is 0 Å². The Labute approximate surface area is 94.7 Å². The van der Waals surface area contributed by atoms with Crippen LogP contribution in [0.25, 0.3) is 0 Å². The molecule has 0 radical (unpaired) electrons. The van der Waals surface area contributed by atoms with E-state index >= 15 is 0 Å². The number of aromatic carboxylic acids is 1. The number of aromatic nitrogens is 1. The molecule has 0 bridgehead atoms. The number of carboxylic acid groups (broad SMARTS) is 1. The predicted octanol–water partition coefficient (Wildman–Crippen LogP) is 2.01. The van der Waals surface area contributed by atoms with Crippen molar-refractivity contribution in [1.82, 2.24) is 4.98 Å². The number of pyridine rings is 1. The lowest BCUT2D eigenvalue weighted by Gasteiger charge is -2.32. The lowest BCUT2D eigenvalue weighted by Crippen LogP contribution is -2.38. The van der Waals surface area contributed by atoms with E-state index in [2.05, 4.69) is 4.98 Å². The molecule has 0 amide bonds. The highest BCUT2D eigenvalue weighted by Crippen LogP contribution is 2.31. The minimum atomic E-state index is -4.63. The van der Waals surface area contributed by atoms with Crippen LogP contribution in [-0.4, -0.2) is 29.1 Å². The first-order valence-corrected chi connectivity index (χ1v) is 4.95. The molecule has 0 atom stereocenters. The van der Waals surface area contributed by atoms with Gasteiger partial charge in [0.1, 0.15) is 11.5 Å². The average molecular weight is 246 g/mol. The molecule has 0 aliphatic carbocycles. The Morgan fingerprint density at radius 3 is 2.41 bits per heavy atom. The molecule has 0 saturated carbocycles. The highest BCUT2D eigenvalue weighted by atomic mass is 19.4. The van der Waals surface area contributed by atoms with Gasteiger partial charge in [0.2, 0.25) is 0 Å². The van der Waals surface area contributed by atoms with Gasteiger partial charge in [-0.3, -0.25) is 0 Å². The van der Waals surface area contributed by atoms with E-state index in [1.807, 2.05) is 0 Å². The van der Waals surface area contributed by atoms with Crippen molar-refractivity contribution in [3.8, 4) is 0 Å². The number of rotatable bonds is 2. The predicted molar refractivity (Wildman–Crippen MR) is 53.0 cm³/mol. The monoisotopic (exact) mass is 246 g/mol. The Bertz CT molecular complexity index is 455. The molecule has 92 valence electrons. The van der Waals surface area contributed by atoms with Crippen molar-refractivity contribution in [2.24, 2.45) is 0 Å². The zero-order valence-corrected chi connectivity index (χ0v) is 8.66. The van der Waals surface area contributed by atoms with E-state index in [0.717, 1.165) is 12.5 Å². The minimum absolute atomic E-state index is 0.0727. The minimum Gasteiger partial charge on any atom is -0.478 e. The van der Waals surface area contributed by atoms with Crippen molar-refractivity contribution in [1.29, 1.82) is 0 Å². The van der Waals surface area contributed by atoms with Crippen LogP contribution in [0.1, 0.15) is 22.5 Å². The van der Waals surface area contributed by atoms with Gasteiger partial charge in [0.05, 0.1) is 5.56 Å². The number of alkyl halides is 3. The molecule has 1 aliphatic heterocycles. The van der Waals surface area contributed by atoms with Crippen LogP contribution in [0.4, 0.5) is 19.0 Å². The van der Waals surface area contributed by atoms with Crippen LogP contribution in [-0.2, 0) is 6.18 Å². The summed E-state index contributed by atoms with van der Waals surface area (Å²) in [6.07, 6.45) is -3.76. The molecular formula is C10H9F3N2O2. The van der Waals surface area contributed by atoms with E-state index in [-0.39, 0.29) is 5.82 Å². The smallest absolute Gasteiger partial charge is 0.433 e. The second-order valence-electron chi connectivity index (χ2n) is 3.74. The fourth-order valence-electron chi connectivity index (χ4n) is 1.49. The maximum Gasteiger partial charge on any atom is 0.433 e. The first kappa shape index (κ1) is 11.7. The number of carboxylic acids is 1. The number of hydrogen-bond acceptors (Lipinski definition) is 3. The summed E-state index contributed by atoms with van der Waals surface area (Å²) in [4.78, 5) is 15.8. The van der Waals surface area contributed by atoms with E-state index in [1.54, 1.807) is 4.90 Å². The number of nitrogens with zero attached hydrogens (tertiary/aromatic N) is 2. The second-order valence-corrected chi connectivity index (χ2v) is 3.74. The third kappa shape index (κ3) is 2.32. The Hall–Kier alpha value is -1.79. The van der Waals surface area contributed by atoms with E-state index in [0.29, 0.717) is 19.2 Å². The van der Waals surface area contributed by atoms with Gasteiger partial charge in [-0.25, -0.2) is 9.78 Å². The Kier molecular flexibility index (Phi) is 2.68. The van der Waals surface area contributed by atoms with Gasteiger partial charge in [-0.1, -0.05) is 0 Å². The molecule has 0 unspecified atom stereocenters. The van der Waals surface area contributed by atoms with Crippen molar-refractivity contribution >= 4 is 11.8 Å². The van der Waals surface area contributed by atoms with Crippen molar-refractivity contribution in [2.75, 3.05) is 18.0 Å². The van der Waals surface area contributed by atoms with Crippen molar-refractivity contribution in [3.05, 3.63) is 23.4 Å². The van der Waals surface area contributed by atoms with Gasteiger partial charge in [-0.2, -0.15) is 13.2 Å². The summed E-state index contributed by atoms with van der Waals surface area (Å²) in [6, 6.07) is 1.71. The molecule has 1 aromatic rings. The molecular weight excluding hydrogens is 237 g/mol. The van der Waals surface area contributed by atoms with E-state index < -0.39 is 23.4 Å². The summed E-state index contributed by atoms with van der Waals surface area (Å²) in [5.74, 6) is -1.32. The highest BCUT2D eigenvalue weighted by molar-refractivity contribution is 5.88. The van der Waals surface area contributed by atoms with Crippen molar-refractivity contribution < 1.29 is 23.1 Å². The van der Waals surface area contributed by atoms with Crippen LogP contribution in [0.15, 0.2) is 12.1 Å². The molecule has 1 aliphatic rings. The van der Waals surface area contributed by atoms with E-state index in [1.165, 1.54) is 0 Å². The summed E-state index contributed by atoms with van der Waals surface area (Å²) in [6.45, 7) is 1.21. The molecule has 1 saturated heterocycles. The molecule has 1 aromatic heterocycles. The van der Waals surface area contributed by atoms with E-state index in [4.69, 9.17) is 5.11 Å². The lowest BCUT2D eigenvalue weighted by molar-refractivity contribution is -0.141. The van der Waals surface area contributed by atoms with Crippen LogP contribution in [0.3, 0.4) is 0 Å². The Morgan fingerprint density at radius 1 is 1.35 bits per heavy atom. The fraction of sp³-hybridized carbons (Fsp3) is 0.400. The third-order valence-corrected chi connectivity index (χ3v) is 2.53. The fourth-order valence-corrected chi connectivity index (χ4v) is 1.49. The molecule has 0 spiro atoms. The molecule has 1 fully saturated rings. The first-order valence-electron chi connectivity index (χ1n) is 4.95. The molecule has 0 aromatic carbocycles. The molecule has 2 rings (SSSR count). The Balaban J connectivity index is 2.45. The zero-order valence-electron chi connectivity index (χ0n) is 8.66. The average Bonchev–Trinajstić information content (AvgIpc) is 2.13. The third-order valence-electron chi connectivity index (χ3n) is 2.53. The standard InChI is InChI=1S/C10H9F3N2O2/c11-10(12,13)7-4-6(9(16)17)5-8(14-7)15-2-1-3-15/h4-5H,1-3H2,(H,16,17). The maximum absolute atomic E-state index is 12.5. The topological polar surface area (TPSA) is 53.4 Å². The number of anilines is 1. The molecule has 7 heteroatoms. The quantitative estimate of drug-likeness (QED) is 0.867. The van der Waals surface area contributed by atoms with Gasteiger partial charge >= 0.3 is 12.1 Å². The van der Waals surface area contributed by atoms with Crippen LogP contribution < -0.4 is 4.90 Å². The first-order chi connectivity index (χ1) is 7.88. The summed E-state index contributed by atoms with van der Waals surface area (Å²) in [5, 5.41) is 8.76. The van der Waals surface area contributed by atoms with Crippen LogP contribution in [0, 0.1) is 0 Å². The second kappa shape index (κ2) is 3.90. The van der Waals surface area contributed by atoms with Gasteiger partial charge < -0.3 is 10.0 Å². The molecule has 1 N–H and O–H groups in total. The largest absolute Gasteiger partial charge is 0.478 e. The lowest BCUT2D eigenvalue weighted by atomic mass is 10.1. The van der Waals surface area contributed by atoms with Crippen molar-refractivity contribution in [3.63, 3.8) is 0 Å². The van der Waals surface area contributed by atoms with Crippen molar-refractivity contribution in [2.45, 2.75) is 12.6 Å². The SMILES string of the molecule is O=C(O)c1cc(N2CCC2)nc(C(F)(F)F)c1. The van der Waals surface area contributed by atoms with Gasteiger partial charge in [-0.15, -0.1) is 0 Å². The summed E-state index contributed by atoms with van der Waals surface area (Å²) >= 11 is 0. The van der Waals surface area contributed by atoms with Crippen LogP contribution in [0.2, 0.25) is 0 Å². The highest BCUT2D eigenvalue weighted by Gasteiger charge is 2.34. The Morgan fingerprint density at radius 2 is 2.00 bits per heavy atom. The van der Waals surface area contributed by atoms with Gasteiger partial charge in [0, 0.05) is 13.1 Å². The summed E-state index contributed by atoms with van der Waals surface area (Å²) in [7, 11) is 0. The zero-order chi connectivity index (χ0) is 12.6. The normalized spacial score (nSPS) is 15.6. The molecule has 2 heterocycles. The van der Waals surface area contributed by atoms with Gasteiger partial charge in [0.25, 0.3) is 0 Å². The van der Waals surface area contributed by atoms with Gasteiger partial charge in [0.15, 0.2) is 0 Å². The maximum atomic E-state index is 12.5.